The van der Waals surface area contributed by atoms with Gasteiger partial charge in [-0.2, -0.15) is 0 Å². The van der Waals surface area contributed by atoms with Gasteiger partial charge in [0.25, 0.3) is 0 Å². The van der Waals surface area contributed by atoms with Gasteiger partial charge in [-0.1, -0.05) is 20.3 Å². The summed E-state index contributed by atoms with van der Waals surface area (Å²) in [6.07, 6.45) is 3.76. The van der Waals surface area contributed by atoms with Crippen molar-refractivity contribution >= 4 is 0 Å². The Hall–Kier alpha value is -0.0800. The summed E-state index contributed by atoms with van der Waals surface area (Å²) in [4.78, 5) is 0. The fourth-order valence-electron chi connectivity index (χ4n) is 1.61. The number of nitrogens with two attached hydrogens (primary N) is 1. The molecular formula is C10H22N2. The molecule has 0 aliphatic heterocycles. The molecule has 1 aliphatic rings. The summed E-state index contributed by atoms with van der Waals surface area (Å²) < 4.78 is 0. The second kappa shape index (κ2) is 4.83. The normalized spacial score (nSPS) is 30.2. The van der Waals surface area contributed by atoms with Gasteiger partial charge in [0, 0.05) is 12.6 Å². The van der Waals surface area contributed by atoms with E-state index in [2.05, 4.69) is 19.2 Å². The average molecular weight is 170 g/mol. The van der Waals surface area contributed by atoms with Gasteiger partial charge < -0.3 is 11.1 Å². The first-order valence-electron chi connectivity index (χ1n) is 5.20. The summed E-state index contributed by atoms with van der Waals surface area (Å²) in [5, 5.41) is 3.44. The standard InChI is InChI=1S/C10H22N2/c1-3-4-10(11)7-12-6-9-5-8(9)2/h8-10,12H,3-7,11H2,1-2H3. The van der Waals surface area contributed by atoms with E-state index in [9.17, 15) is 0 Å². The van der Waals surface area contributed by atoms with Crippen LogP contribution in [-0.4, -0.2) is 19.1 Å². The molecule has 0 radical (unpaired) electrons. The number of rotatable bonds is 6. The fourth-order valence-corrected chi connectivity index (χ4v) is 1.61. The lowest BCUT2D eigenvalue weighted by atomic mass is 10.2. The van der Waals surface area contributed by atoms with Crippen molar-refractivity contribution in [2.45, 2.75) is 39.2 Å². The molecule has 0 saturated heterocycles. The van der Waals surface area contributed by atoms with Crippen LogP contribution in [0, 0.1) is 11.8 Å². The zero-order valence-corrected chi connectivity index (χ0v) is 8.34. The Bertz CT molecular complexity index is 125. The van der Waals surface area contributed by atoms with Crippen LogP contribution in [0.5, 0.6) is 0 Å². The SMILES string of the molecule is CCCC(N)CNCC1CC1C. The van der Waals surface area contributed by atoms with Crippen molar-refractivity contribution in [3.63, 3.8) is 0 Å². The van der Waals surface area contributed by atoms with E-state index in [0.717, 1.165) is 24.8 Å². The van der Waals surface area contributed by atoms with E-state index in [-0.39, 0.29) is 0 Å². The monoisotopic (exact) mass is 170 g/mol. The summed E-state index contributed by atoms with van der Waals surface area (Å²) >= 11 is 0. The van der Waals surface area contributed by atoms with E-state index < -0.39 is 0 Å². The largest absolute Gasteiger partial charge is 0.327 e. The Kier molecular flexibility index (Phi) is 4.02. The van der Waals surface area contributed by atoms with Crippen molar-refractivity contribution in [2.75, 3.05) is 13.1 Å². The van der Waals surface area contributed by atoms with Crippen molar-refractivity contribution in [1.29, 1.82) is 0 Å². The quantitative estimate of drug-likeness (QED) is 0.631. The molecule has 2 heteroatoms. The second-order valence-electron chi connectivity index (χ2n) is 4.18. The Labute approximate surface area is 75.9 Å². The molecule has 1 rings (SSSR count). The van der Waals surface area contributed by atoms with Crippen molar-refractivity contribution < 1.29 is 0 Å². The van der Waals surface area contributed by atoms with Crippen molar-refractivity contribution in [3.8, 4) is 0 Å². The van der Waals surface area contributed by atoms with Crippen molar-refractivity contribution in [2.24, 2.45) is 17.6 Å². The first-order valence-corrected chi connectivity index (χ1v) is 5.20. The third-order valence-electron chi connectivity index (χ3n) is 2.75. The summed E-state index contributed by atoms with van der Waals surface area (Å²) in [5.74, 6) is 1.90. The zero-order chi connectivity index (χ0) is 8.97. The van der Waals surface area contributed by atoms with Gasteiger partial charge in [-0.05, 0) is 31.2 Å². The van der Waals surface area contributed by atoms with Gasteiger partial charge in [0.15, 0.2) is 0 Å². The molecule has 72 valence electrons. The molecule has 2 nitrogen and oxygen atoms in total. The lowest BCUT2D eigenvalue weighted by molar-refractivity contribution is 0.520. The number of hydrogen-bond donors (Lipinski definition) is 2. The third kappa shape index (κ3) is 3.55. The van der Waals surface area contributed by atoms with Crippen LogP contribution in [0.4, 0.5) is 0 Å². The van der Waals surface area contributed by atoms with Crippen molar-refractivity contribution in [1.82, 2.24) is 5.32 Å². The Morgan fingerprint density at radius 2 is 2.25 bits per heavy atom. The predicted molar refractivity (Wildman–Crippen MR) is 53.0 cm³/mol. The number of nitrogens with one attached hydrogen (secondary N) is 1. The molecular weight excluding hydrogens is 148 g/mol. The van der Waals surface area contributed by atoms with Gasteiger partial charge in [0.1, 0.15) is 0 Å². The molecule has 0 amide bonds. The molecule has 0 heterocycles. The van der Waals surface area contributed by atoms with E-state index in [1.165, 1.54) is 19.4 Å². The summed E-state index contributed by atoms with van der Waals surface area (Å²) in [5.41, 5.74) is 5.86. The highest BCUT2D eigenvalue weighted by molar-refractivity contribution is 4.84. The molecule has 0 aromatic heterocycles. The Balaban J connectivity index is 1.88. The highest BCUT2D eigenvalue weighted by atomic mass is 14.9. The average Bonchev–Trinajstić information content (AvgIpc) is 2.67. The highest BCUT2D eigenvalue weighted by Gasteiger charge is 2.31. The molecule has 0 spiro atoms. The van der Waals surface area contributed by atoms with Crippen LogP contribution in [0.25, 0.3) is 0 Å². The summed E-state index contributed by atoms with van der Waals surface area (Å²) in [7, 11) is 0. The van der Waals surface area contributed by atoms with E-state index in [1.54, 1.807) is 0 Å². The minimum Gasteiger partial charge on any atom is -0.327 e. The lowest BCUT2D eigenvalue weighted by Crippen LogP contribution is -2.34. The van der Waals surface area contributed by atoms with Gasteiger partial charge >= 0.3 is 0 Å². The maximum absolute atomic E-state index is 5.86. The van der Waals surface area contributed by atoms with Crippen LogP contribution in [-0.2, 0) is 0 Å². The molecule has 1 fully saturated rings. The van der Waals surface area contributed by atoms with Gasteiger partial charge in [0.05, 0.1) is 0 Å². The molecule has 1 saturated carbocycles. The zero-order valence-electron chi connectivity index (χ0n) is 8.34. The smallest absolute Gasteiger partial charge is 0.0165 e. The first-order chi connectivity index (χ1) is 5.74. The van der Waals surface area contributed by atoms with Crippen LogP contribution < -0.4 is 11.1 Å². The molecule has 1 aliphatic carbocycles. The highest BCUT2D eigenvalue weighted by Crippen LogP contribution is 2.36. The van der Waals surface area contributed by atoms with Gasteiger partial charge in [0.2, 0.25) is 0 Å². The molecule has 0 bridgehead atoms. The van der Waals surface area contributed by atoms with Gasteiger partial charge in [-0.15, -0.1) is 0 Å². The topological polar surface area (TPSA) is 38.0 Å². The van der Waals surface area contributed by atoms with Gasteiger partial charge in [-0.3, -0.25) is 0 Å². The van der Waals surface area contributed by atoms with Crippen LogP contribution >= 0.6 is 0 Å². The predicted octanol–water partition coefficient (Wildman–Crippen LogP) is 1.36. The Morgan fingerprint density at radius 3 is 2.75 bits per heavy atom. The van der Waals surface area contributed by atoms with E-state index in [0.29, 0.717) is 6.04 Å². The summed E-state index contributed by atoms with van der Waals surface area (Å²) in [6.45, 7) is 6.68. The molecule has 0 aromatic carbocycles. The molecule has 0 aromatic rings. The number of hydrogen-bond acceptors (Lipinski definition) is 2. The van der Waals surface area contributed by atoms with Crippen LogP contribution in [0.1, 0.15) is 33.1 Å². The maximum atomic E-state index is 5.86. The van der Waals surface area contributed by atoms with Crippen molar-refractivity contribution in [3.05, 3.63) is 0 Å². The lowest BCUT2D eigenvalue weighted by Gasteiger charge is -2.10. The maximum Gasteiger partial charge on any atom is 0.0165 e. The van der Waals surface area contributed by atoms with Crippen LogP contribution in [0.3, 0.4) is 0 Å². The summed E-state index contributed by atoms with van der Waals surface area (Å²) in [6, 6.07) is 0.365. The van der Waals surface area contributed by atoms with Crippen LogP contribution in [0.15, 0.2) is 0 Å². The van der Waals surface area contributed by atoms with Gasteiger partial charge in [-0.25, -0.2) is 0 Å². The molecule has 12 heavy (non-hydrogen) atoms. The van der Waals surface area contributed by atoms with E-state index >= 15 is 0 Å². The minimum atomic E-state index is 0.365. The molecule has 3 N–H and O–H groups in total. The molecule has 3 unspecified atom stereocenters. The second-order valence-corrected chi connectivity index (χ2v) is 4.18. The third-order valence-corrected chi connectivity index (χ3v) is 2.75. The van der Waals surface area contributed by atoms with Crippen LogP contribution in [0.2, 0.25) is 0 Å². The molecule has 3 atom stereocenters. The Morgan fingerprint density at radius 1 is 1.58 bits per heavy atom. The first kappa shape index (κ1) is 10.0. The van der Waals surface area contributed by atoms with E-state index in [4.69, 9.17) is 5.73 Å². The fraction of sp³-hybridized carbons (Fsp3) is 1.00. The van der Waals surface area contributed by atoms with E-state index in [1.807, 2.05) is 0 Å². The minimum absolute atomic E-state index is 0.365.